The number of hydrogen-bond donors (Lipinski definition) is 0. The zero-order valence-electron chi connectivity index (χ0n) is 16.2. The number of anilines is 1. The first-order valence-corrected chi connectivity index (χ1v) is 8.89. The number of hydrogen-bond acceptors (Lipinski definition) is 6. The van der Waals surface area contributed by atoms with Gasteiger partial charge in [0.05, 0.1) is 42.1 Å². The van der Waals surface area contributed by atoms with Crippen LogP contribution in [-0.2, 0) is 24.9 Å². The lowest BCUT2D eigenvalue weighted by Crippen LogP contribution is -2.32. The molecule has 0 atom stereocenters. The predicted octanol–water partition coefficient (Wildman–Crippen LogP) is 1.55. The van der Waals surface area contributed by atoms with Crippen LogP contribution in [0.3, 0.4) is 0 Å². The van der Waals surface area contributed by atoms with Crippen molar-refractivity contribution in [3.8, 4) is 0 Å². The van der Waals surface area contributed by atoms with Gasteiger partial charge in [0.2, 0.25) is 0 Å². The predicted molar refractivity (Wildman–Crippen MR) is 98.5 cm³/mol. The molecule has 146 valence electrons. The van der Waals surface area contributed by atoms with E-state index in [4.69, 9.17) is 4.52 Å². The van der Waals surface area contributed by atoms with Crippen LogP contribution in [0.2, 0.25) is 0 Å². The van der Waals surface area contributed by atoms with Crippen molar-refractivity contribution in [2.75, 3.05) is 11.4 Å². The summed E-state index contributed by atoms with van der Waals surface area (Å²) in [7, 11) is 1.82. The topological polar surface area (TPSA) is 102 Å². The minimum Gasteiger partial charge on any atom is -0.361 e. The highest BCUT2D eigenvalue weighted by molar-refractivity contribution is 6.19. The molecule has 0 bridgehead atoms. The number of rotatable bonds is 5. The smallest absolute Gasteiger partial charge is 0.332 e. The average Bonchev–Trinajstić information content (AvgIpc) is 3.35. The van der Waals surface area contributed by atoms with E-state index in [1.807, 2.05) is 33.9 Å². The number of urea groups is 1. The van der Waals surface area contributed by atoms with Crippen molar-refractivity contribution < 1.29 is 14.1 Å². The minimum atomic E-state index is -0.360. The van der Waals surface area contributed by atoms with Crippen LogP contribution >= 0.6 is 0 Å². The van der Waals surface area contributed by atoms with E-state index in [1.54, 1.807) is 15.6 Å². The number of carbonyl (C=O) groups is 2. The molecule has 0 saturated carbocycles. The van der Waals surface area contributed by atoms with Gasteiger partial charge in [-0.05, 0) is 26.8 Å². The molecule has 1 aliphatic heterocycles. The number of nitrogens with zero attached hydrogens (tertiary/aromatic N) is 7. The van der Waals surface area contributed by atoms with E-state index in [-0.39, 0.29) is 18.5 Å². The van der Waals surface area contributed by atoms with Crippen molar-refractivity contribution in [3.63, 3.8) is 0 Å². The van der Waals surface area contributed by atoms with E-state index in [2.05, 4.69) is 15.4 Å². The summed E-state index contributed by atoms with van der Waals surface area (Å²) >= 11 is 0. The molecule has 10 nitrogen and oxygen atoms in total. The lowest BCUT2D eigenvalue weighted by molar-refractivity contribution is -0.116. The van der Waals surface area contributed by atoms with Gasteiger partial charge in [0.1, 0.15) is 12.3 Å². The van der Waals surface area contributed by atoms with Gasteiger partial charge in [-0.25, -0.2) is 9.69 Å². The van der Waals surface area contributed by atoms with E-state index < -0.39 is 0 Å². The fraction of sp³-hybridized carbons (Fsp3) is 0.389. The summed E-state index contributed by atoms with van der Waals surface area (Å²) in [5.41, 5.74) is 3.91. The van der Waals surface area contributed by atoms with Crippen molar-refractivity contribution in [2.24, 2.45) is 7.05 Å². The number of carbonyl (C=O) groups excluding carboxylic acids is 2. The zero-order chi connectivity index (χ0) is 20.0. The normalized spacial score (nSPS) is 14.6. The zero-order valence-corrected chi connectivity index (χ0v) is 16.2. The Bertz CT molecular complexity index is 1040. The molecule has 0 N–H and O–H groups in total. The van der Waals surface area contributed by atoms with Gasteiger partial charge in [-0.2, -0.15) is 10.2 Å². The molecule has 0 radical (unpaired) electrons. The maximum atomic E-state index is 12.8. The quantitative estimate of drug-likeness (QED) is 0.620. The molecule has 1 fully saturated rings. The molecule has 4 rings (SSSR count). The Morgan fingerprint density at radius 1 is 1.18 bits per heavy atom. The fourth-order valence-corrected chi connectivity index (χ4v) is 3.38. The summed E-state index contributed by atoms with van der Waals surface area (Å²) in [6.07, 6.45) is 3.20. The van der Waals surface area contributed by atoms with Crippen molar-refractivity contribution in [2.45, 2.75) is 33.9 Å². The highest BCUT2D eigenvalue weighted by Gasteiger charge is 2.38. The highest BCUT2D eigenvalue weighted by atomic mass is 16.5. The van der Waals surface area contributed by atoms with Gasteiger partial charge >= 0.3 is 6.03 Å². The number of imide groups is 1. The van der Waals surface area contributed by atoms with Crippen LogP contribution in [0, 0.1) is 20.8 Å². The summed E-state index contributed by atoms with van der Waals surface area (Å²) in [6, 6.07) is 1.54. The molecule has 0 unspecified atom stereocenters. The molecule has 28 heavy (non-hydrogen) atoms. The molecule has 0 aromatic carbocycles. The van der Waals surface area contributed by atoms with Gasteiger partial charge < -0.3 is 9.42 Å². The highest BCUT2D eigenvalue weighted by Crippen LogP contribution is 2.23. The molecular weight excluding hydrogens is 362 g/mol. The Balaban J connectivity index is 1.51. The molecule has 3 amide bonds. The maximum Gasteiger partial charge on any atom is 0.332 e. The fourth-order valence-electron chi connectivity index (χ4n) is 3.38. The molecular formula is C18H21N7O3. The summed E-state index contributed by atoms with van der Waals surface area (Å²) in [4.78, 5) is 28.0. The number of amides is 3. The molecule has 3 aromatic heterocycles. The van der Waals surface area contributed by atoms with Gasteiger partial charge in [0.15, 0.2) is 0 Å². The summed E-state index contributed by atoms with van der Waals surface area (Å²) in [6.45, 7) is 6.40. The average molecular weight is 383 g/mol. The third kappa shape index (κ3) is 3.06. The van der Waals surface area contributed by atoms with Gasteiger partial charge in [-0.1, -0.05) is 5.16 Å². The number of aryl methyl sites for hydroxylation is 4. The standard InChI is InChI=1S/C18H21N7O3/c1-11-5-14(22(4)20-11)7-23-10-17(26)25(18(23)27)15-6-19-24(8-15)9-16-12(2)21-28-13(16)3/h5-6,8H,7,9-10H2,1-4H3. The Morgan fingerprint density at radius 2 is 1.96 bits per heavy atom. The number of aromatic nitrogens is 5. The van der Waals surface area contributed by atoms with E-state index in [9.17, 15) is 9.59 Å². The van der Waals surface area contributed by atoms with Gasteiger partial charge in [0, 0.05) is 18.8 Å². The molecule has 3 aromatic rings. The monoisotopic (exact) mass is 383 g/mol. The van der Waals surface area contributed by atoms with E-state index in [0.717, 1.165) is 28.4 Å². The Morgan fingerprint density at radius 3 is 2.61 bits per heavy atom. The van der Waals surface area contributed by atoms with Gasteiger partial charge in [-0.3, -0.25) is 14.2 Å². The van der Waals surface area contributed by atoms with Crippen molar-refractivity contribution >= 4 is 17.6 Å². The molecule has 4 heterocycles. The van der Waals surface area contributed by atoms with Crippen molar-refractivity contribution in [1.82, 2.24) is 29.6 Å². The second-order valence-electron chi connectivity index (χ2n) is 6.97. The molecule has 10 heteroatoms. The molecule has 0 spiro atoms. The maximum absolute atomic E-state index is 12.8. The first-order chi connectivity index (χ1) is 13.3. The first-order valence-electron chi connectivity index (χ1n) is 8.89. The molecule has 1 saturated heterocycles. The second-order valence-corrected chi connectivity index (χ2v) is 6.97. The molecule has 0 aliphatic carbocycles. The third-order valence-corrected chi connectivity index (χ3v) is 4.87. The lowest BCUT2D eigenvalue weighted by atomic mass is 10.2. The Labute approximate surface area is 161 Å². The van der Waals surface area contributed by atoms with Crippen LogP contribution in [-0.4, -0.2) is 48.1 Å². The van der Waals surface area contributed by atoms with Crippen molar-refractivity contribution in [3.05, 3.63) is 46.9 Å². The Kier molecular flexibility index (Phi) is 4.25. The van der Waals surface area contributed by atoms with Crippen LogP contribution in [0.25, 0.3) is 0 Å². The Hall–Kier alpha value is -3.43. The van der Waals surface area contributed by atoms with E-state index >= 15 is 0 Å². The summed E-state index contributed by atoms with van der Waals surface area (Å²) in [5, 5.41) is 12.5. The van der Waals surface area contributed by atoms with Crippen LogP contribution in [0.5, 0.6) is 0 Å². The van der Waals surface area contributed by atoms with Gasteiger partial charge in [-0.15, -0.1) is 0 Å². The van der Waals surface area contributed by atoms with Crippen LogP contribution in [0.15, 0.2) is 23.0 Å². The van der Waals surface area contributed by atoms with Crippen LogP contribution < -0.4 is 4.90 Å². The first kappa shape index (κ1) is 18.0. The largest absolute Gasteiger partial charge is 0.361 e. The SMILES string of the molecule is Cc1cc(CN2CC(=O)N(c3cnn(Cc4c(C)noc4C)c3)C2=O)n(C)n1. The summed E-state index contributed by atoms with van der Waals surface area (Å²) in [5.74, 6) is 0.446. The van der Waals surface area contributed by atoms with Gasteiger partial charge in [0.25, 0.3) is 5.91 Å². The van der Waals surface area contributed by atoms with E-state index in [1.165, 1.54) is 16.0 Å². The minimum absolute atomic E-state index is 0.0259. The van der Waals surface area contributed by atoms with Crippen LogP contribution in [0.4, 0.5) is 10.5 Å². The third-order valence-electron chi connectivity index (χ3n) is 4.87. The summed E-state index contributed by atoms with van der Waals surface area (Å²) < 4.78 is 8.55. The second kappa shape index (κ2) is 6.63. The van der Waals surface area contributed by atoms with Crippen molar-refractivity contribution in [1.29, 1.82) is 0 Å². The molecule has 1 aliphatic rings. The van der Waals surface area contributed by atoms with E-state index in [0.29, 0.717) is 18.8 Å². The lowest BCUT2D eigenvalue weighted by Gasteiger charge is -2.15. The van der Waals surface area contributed by atoms with Crippen LogP contribution in [0.1, 0.15) is 28.4 Å².